The summed E-state index contributed by atoms with van der Waals surface area (Å²) in [7, 11) is 1.25. The SMILES string of the molecule is COC(=O)N(C(CN(C(C)=O)N1C(=O)CN(CCCNn2cnc3ccccc32)C1=S)C(=O)O)C12CC3CC(CC(C3)C1)C2. The van der Waals surface area contributed by atoms with Gasteiger partial charge in [-0.15, -0.1) is 0 Å². The van der Waals surface area contributed by atoms with E-state index in [0.717, 1.165) is 59.6 Å². The van der Waals surface area contributed by atoms with Gasteiger partial charge in [-0.05, 0) is 87.1 Å². The maximum absolute atomic E-state index is 13.3. The molecule has 4 aliphatic carbocycles. The third kappa shape index (κ3) is 5.44. The van der Waals surface area contributed by atoms with Gasteiger partial charge in [-0.1, -0.05) is 12.1 Å². The topological polar surface area (TPSA) is 141 Å². The van der Waals surface area contributed by atoms with Gasteiger partial charge in [0.05, 0.1) is 24.7 Å². The van der Waals surface area contributed by atoms with E-state index in [-0.39, 0.29) is 11.7 Å². The number of carboxylic acid groups (broad SMARTS) is 1. The average Bonchev–Trinajstić information content (AvgIpc) is 3.51. The van der Waals surface area contributed by atoms with E-state index in [0.29, 0.717) is 37.3 Å². The highest BCUT2D eigenvalue weighted by atomic mass is 32.1. The van der Waals surface area contributed by atoms with Crippen LogP contribution in [-0.4, -0.2) is 108 Å². The minimum atomic E-state index is -1.42. The lowest BCUT2D eigenvalue weighted by atomic mass is 9.52. The lowest BCUT2D eigenvalue weighted by Crippen LogP contribution is -2.68. The quantitative estimate of drug-likeness (QED) is 0.283. The molecule has 13 nitrogen and oxygen atoms in total. The number of nitrogens with one attached hydrogen (secondary N) is 1. The fraction of sp³-hybridized carbons (Fsp3) is 0.600. The van der Waals surface area contributed by atoms with Gasteiger partial charge in [0, 0.05) is 25.6 Å². The highest BCUT2D eigenvalue weighted by Crippen LogP contribution is 2.58. The van der Waals surface area contributed by atoms with Crippen molar-refractivity contribution in [1.82, 2.24) is 29.5 Å². The number of amides is 3. The molecule has 1 unspecified atom stereocenters. The van der Waals surface area contributed by atoms with Gasteiger partial charge in [-0.3, -0.25) is 14.5 Å². The summed E-state index contributed by atoms with van der Waals surface area (Å²) in [6.45, 7) is 1.82. The van der Waals surface area contributed by atoms with Crippen LogP contribution in [0.1, 0.15) is 51.9 Å². The molecule has 4 saturated carbocycles. The highest BCUT2D eigenvalue weighted by Gasteiger charge is 2.58. The average molecular weight is 626 g/mol. The predicted molar refractivity (Wildman–Crippen MR) is 164 cm³/mol. The zero-order valence-corrected chi connectivity index (χ0v) is 25.9. The zero-order valence-electron chi connectivity index (χ0n) is 25.1. The van der Waals surface area contributed by atoms with Gasteiger partial charge in [0.2, 0.25) is 5.91 Å². The lowest BCUT2D eigenvalue weighted by molar-refractivity contribution is -0.163. The van der Waals surface area contributed by atoms with Crippen molar-refractivity contribution >= 4 is 52.2 Å². The van der Waals surface area contributed by atoms with Crippen molar-refractivity contribution in [3.63, 3.8) is 0 Å². The molecule has 0 radical (unpaired) electrons. The number of hydrogen-bond donors (Lipinski definition) is 2. The number of aromatic nitrogens is 2. The summed E-state index contributed by atoms with van der Waals surface area (Å²) in [5.74, 6) is -0.912. The molecule has 5 aliphatic rings. The molecular formula is C30H39N7O6S. The number of benzene rings is 1. The molecule has 0 spiro atoms. The minimum absolute atomic E-state index is 0.0376. The van der Waals surface area contributed by atoms with Crippen molar-refractivity contribution in [3.8, 4) is 0 Å². The van der Waals surface area contributed by atoms with E-state index in [9.17, 15) is 24.3 Å². The number of thiocarbonyl (C=S) groups is 1. The van der Waals surface area contributed by atoms with Crippen molar-refractivity contribution in [3.05, 3.63) is 30.6 Å². The van der Waals surface area contributed by atoms with Crippen LogP contribution in [0.5, 0.6) is 0 Å². The Balaban J connectivity index is 1.15. The summed E-state index contributed by atoms with van der Waals surface area (Å²) in [6.07, 6.45) is 7.08. The Bertz CT molecular complexity index is 1440. The molecule has 44 heavy (non-hydrogen) atoms. The van der Waals surface area contributed by atoms with Crippen molar-refractivity contribution in [2.45, 2.75) is 63.5 Å². The Hall–Kier alpha value is -3.94. The number of carboxylic acids is 1. The Kier molecular flexibility index (Phi) is 8.12. The number of para-hydroxylation sites is 2. The number of hydrazine groups is 1. The fourth-order valence-corrected chi connectivity index (χ4v) is 8.76. The third-order valence-corrected chi connectivity index (χ3v) is 10.2. The number of ether oxygens (including phenoxy) is 1. The normalized spacial score (nSPS) is 26.3. The lowest BCUT2D eigenvalue weighted by Gasteiger charge is -2.60. The van der Waals surface area contributed by atoms with Gasteiger partial charge in [0.15, 0.2) is 11.2 Å². The second kappa shape index (κ2) is 11.9. The summed E-state index contributed by atoms with van der Waals surface area (Å²) in [5.41, 5.74) is 4.47. The number of imidazole rings is 1. The third-order valence-electron chi connectivity index (χ3n) is 9.79. The van der Waals surface area contributed by atoms with Crippen molar-refractivity contribution in [1.29, 1.82) is 0 Å². The Morgan fingerprint density at radius 3 is 2.43 bits per heavy atom. The molecule has 4 bridgehead atoms. The molecule has 1 aliphatic heterocycles. The first-order chi connectivity index (χ1) is 21.1. The molecule has 2 N–H and O–H groups in total. The number of carbonyl (C=O) groups is 4. The maximum atomic E-state index is 13.3. The Morgan fingerprint density at radius 2 is 1.82 bits per heavy atom. The number of aliphatic carboxylic acids is 1. The fourth-order valence-electron chi connectivity index (χ4n) is 8.40. The predicted octanol–water partition coefficient (Wildman–Crippen LogP) is 2.65. The molecule has 2 heterocycles. The molecule has 3 amide bonds. The molecule has 1 atom stereocenters. The number of fused-ring (bicyclic) bond motifs is 1. The second-order valence-electron chi connectivity index (χ2n) is 12.7. The summed E-state index contributed by atoms with van der Waals surface area (Å²) >= 11 is 5.65. The van der Waals surface area contributed by atoms with Crippen molar-refractivity contribution in [2.75, 3.05) is 38.7 Å². The largest absolute Gasteiger partial charge is 0.480 e. The number of nitrogens with zero attached hydrogens (tertiary/aromatic N) is 6. The first-order valence-corrected chi connectivity index (χ1v) is 15.7. The monoisotopic (exact) mass is 625 g/mol. The van der Waals surface area contributed by atoms with Crippen LogP contribution in [-0.2, 0) is 19.1 Å². The first kappa shape index (κ1) is 30.1. The van der Waals surface area contributed by atoms with Gasteiger partial charge in [-0.2, -0.15) is 5.01 Å². The number of hydrogen-bond acceptors (Lipinski definition) is 8. The van der Waals surface area contributed by atoms with E-state index in [1.54, 1.807) is 11.2 Å². The van der Waals surface area contributed by atoms with E-state index in [4.69, 9.17) is 17.0 Å². The minimum Gasteiger partial charge on any atom is -0.480 e. The van der Waals surface area contributed by atoms with Gasteiger partial charge >= 0.3 is 12.1 Å². The van der Waals surface area contributed by atoms with Crippen LogP contribution in [0.4, 0.5) is 4.79 Å². The van der Waals surface area contributed by atoms with Crippen molar-refractivity contribution < 1.29 is 29.0 Å². The Morgan fingerprint density at radius 1 is 1.16 bits per heavy atom. The summed E-state index contributed by atoms with van der Waals surface area (Å²) in [6, 6.07) is 6.35. The van der Waals surface area contributed by atoms with Crippen LogP contribution in [0.2, 0.25) is 0 Å². The van der Waals surface area contributed by atoms with Gasteiger partial charge in [-0.25, -0.2) is 24.3 Å². The van der Waals surface area contributed by atoms with Crippen LogP contribution < -0.4 is 5.43 Å². The molecule has 1 saturated heterocycles. The summed E-state index contributed by atoms with van der Waals surface area (Å²) < 4.78 is 7.00. The first-order valence-electron chi connectivity index (χ1n) is 15.3. The smallest absolute Gasteiger partial charge is 0.410 e. The summed E-state index contributed by atoms with van der Waals surface area (Å²) in [4.78, 5) is 59.9. The molecule has 236 valence electrons. The van der Waals surface area contributed by atoms with Crippen LogP contribution in [0.15, 0.2) is 30.6 Å². The van der Waals surface area contributed by atoms with E-state index in [1.807, 2.05) is 28.9 Å². The van der Waals surface area contributed by atoms with E-state index in [1.165, 1.54) is 18.9 Å². The molecule has 1 aromatic heterocycles. The molecule has 2 aromatic rings. The van der Waals surface area contributed by atoms with Gasteiger partial charge in [0.25, 0.3) is 5.91 Å². The molecule has 7 rings (SSSR count). The highest BCUT2D eigenvalue weighted by molar-refractivity contribution is 7.80. The summed E-state index contributed by atoms with van der Waals surface area (Å²) in [5, 5.41) is 12.8. The van der Waals surface area contributed by atoms with Gasteiger partial charge in [0.1, 0.15) is 12.9 Å². The van der Waals surface area contributed by atoms with E-state index >= 15 is 0 Å². The van der Waals surface area contributed by atoms with Crippen molar-refractivity contribution in [2.24, 2.45) is 17.8 Å². The number of rotatable bonds is 11. The molecule has 5 fully saturated rings. The van der Waals surface area contributed by atoms with Crippen LogP contribution in [0.25, 0.3) is 11.0 Å². The van der Waals surface area contributed by atoms with Gasteiger partial charge < -0.3 is 20.2 Å². The maximum Gasteiger partial charge on any atom is 0.410 e. The number of methoxy groups -OCH3 is 1. The zero-order chi connectivity index (χ0) is 31.2. The molecule has 1 aromatic carbocycles. The number of carbonyl (C=O) groups excluding carboxylic acids is 3. The second-order valence-corrected chi connectivity index (χ2v) is 13.1. The van der Waals surface area contributed by atoms with Crippen LogP contribution >= 0.6 is 12.2 Å². The standard InChI is InChI=1S/C30H39N7O6S/c1-19(38)35(16-25(27(40)41)36(29(42)43-2)30-13-20-10-21(14-30)12-22(11-20)15-30)37-26(39)17-33(28(37)44)9-5-8-32-34-18-31-23-6-3-4-7-24(23)34/h3-4,6-7,18,20-22,25,32H,5,8-17H2,1-2H3,(H,40,41). The molecular weight excluding hydrogens is 586 g/mol. The molecule has 14 heteroatoms. The van der Waals surface area contributed by atoms with E-state index in [2.05, 4.69) is 10.4 Å². The van der Waals surface area contributed by atoms with Crippen LogP contribution in [0.3, 0.4) is 0 Å². The van der Waals surface area contributed by atoms with Crippen LogP contribution in [0, 0.1) is 17.8 Å². The van der Waals surface area contributed by atoms with E-state index < -0.39 is 42.0 Å². The Labute approximate surface area is 261 Å².